The molecule has 0 saturated heterocycles. The van der Waals surface area contributed by atoms with Crippen LogP contribution in [0.5, 0.6) is 0 Å². The van der Waals surface area contributed by atoms with Crippen molar-refractivity contribution in [3.8, 4) is 0 Å². The molecule has 0 aromatic rings. The molecular weight excluding hydrogens is 316 g/mol. The van der Waals surface area contributed by atoms with E-state index in [0.717, 1.165) is 37.3 Å². The first-order valence-electron chi connectivity index (χ1n) is 9.13. The van der Waals surface area contributed by atoms with Gasteiger partial charge < -0.3 is 20.2 Å². The number of amidine groups is 1. The Hall–Kier alpha value is -1.66. The van der Waals surface area contributed by atoms with E-state index in [1.54, 1.807) is 7.05 Å². The number of nitrogens with zero attached hydrogens (tertiary/aromatic N) is 3. The lowest BCUT2D eigenvalue weighted by atomic mass is 9.97. The minimum absolute atomic E-state index is 0.0686. The maximum atomic E-state index is 11.5. The van der Waals surface area contributed by atoms with Crippen LogP contribution in [-0.2, 0) is 4.79 Å². The van der Waals surface area contributed by atoms with Crippen LogP contribution in [0, 0.1) is 5.92 Å². The van der Waals surface area contributed by atoms with Gasteiger partial charge in [0.15, 0.2) is 0 Å². The van der Waals surface area contributed by atoms with Crippen molar-refractivity contribution < 1.29 is 9.90 Å². The highest BCUT2D eigenvalue weighted by Crippen LogP contribution is 2.28. The molecular formula is C19H32N4O2. The van der Waals surface area contributed by atoms with Gasteiger partial charge in [0.05, 0.1) is 18.7 Å². The summed E-state index contributed by atoms with van der Waals surface area (Å²) in [7, 11) is 5.83. The first kappa shape index (κ1) is 19.7. The van der Waals surface area contributed by atoms with Gasteiger partial charge in [0.2, 0.25) is 5.91 Å². The fourth-order valence-corrected chi connectivity index (χ4v) is 3.30. The van der Waals surface area contributed by atoms with Gasteiger partial charge in [-0.2, -0.15) is 0 Å². The summed E-state index contributed by atoms with van der Waals surface area (Å²) in [6.45, 7) is 4.13. The van der Waals surface area contributed by atoms with Crippen LogP contribution in [-0.4, -0.2) is 79.6 Å². The van der Waals surface area contributed by atoms with E-state index < -0.39 is 0 Å². The van der Waals surface area contributed by atoms with Crippen molar-refractivity contribution in [3.63, 3.8) is 0 Å². The molecule has 25 heavy (non-hydrogen) atoms. The molecule has 0 radical (unpaired) electrons. The molecule has 1 amide bonds. The number of likely N-dealkylation sites (N-methyl/N-ethyl adjacent to an activating group) is 1. The Balaban J connectivity index is 2.04. The van der Waals surface area contributed by atoms with Crippen molar-refractivity contribution in [2.45, 2.75) is 38.3 Å². The van der Waals surface area contributed by atoms with Crippen molar-refractivity contribution in [2.75, 3.05) is 40.8 Å². The summed E-state index contributed by atoms with van der Waals surface area (Å²) in [6, 6.07) is 0.340. The van der Waals surface area contributed by atoms with Crippen LogP contribution in [0.15, 0.2) is 28.8 Å². The number of fused-ring (bicyclic) bond motifs is 1. The second kappa shape index (κ2) is 9.15. The topological polar surface area (TPSA) is 68.2 Å². The number of hydrogen-bond donors (Lipinski definition) is 2. The minimum atomic E-state index is 0.0686. The second-order valence-electron chi connectivity index (χ2n) is 7.30. The highest BCUT2D eigenvalue weighted by atomic mass is 16.3. The standard InChI is InChI=1S/C19H32N4O2/c1-14(5-8-19(25)20-2)11-18-21-16-7-6-15(13-24)12-17(16)23(18)10-9-22(3)4/h6-7,12,14,16-17,24H,5,8-11,13H2,1-4H3,(H,20,25)/t14-,16?,17-/m0/s1. The van der Waals surface area contributed by atoms with Crippen molar-refractivity contribution in [1.29, 1.82) is 0 Å². The van der Waals surface area contributed by atoms with E-state index in [2.05, 4.69) is 48.3 Å². The van der Waals surface area contributed by atoms with Gasteiger partial charge in [-0.05, 0) is 32.0 Å². The summed E-state index contributed by atoms with van der Waals surface area (Å²) in [6.07, 6.45) is 8.53. The van der Waals surface area contributed by atoms with Crippen molar-refractivity contribution in [1.82, 2.24) is 15.1 Å². The molecule has 2 rings (SSSR count). The Labute approximate surface area is 151 Å². The van der Waals surface area contributed by atoms with E-state index in [1.165, 1.54) is 0 Å². The number of aliphatic imine (C=N–C) groups is 1. The summed E-state index contributed by atoms with van der Waals surface area (Å²) in [5, 5.41) is 12.1. The maximum Gasteiger partial charge on any atom is 0.219 e. The van der Waals surface area contributed by atoms with Gasteiger partial charge in [0.25, 0.3) is 0 Å². The van der Waals surface area contributed by atoms with Crippen LogP contribution < -0.4 is 5.32 Å². The number of rotatable bonds is 9. The van der Waals surface area contributed by atoms with Gasteiger partial charge >= 0.3 is 0 Å². The molecule has 0 saturated carbocycles. The summed E-state index contributed by atoms with van der Waals surface area (Å²) >= 11 is 0. The molecule has 0 spiro atoms. The molecule has 3 atom stereocenters. The molecule has 1 heterocycles. The SMILES string of the molecule is CNC(=O)CC[C@H](C)CC1=NC2C=CC(CO)=C[C@@H]2N1CCN(C)C. The molecule has 6 heteroatoms. The minimum Gasteiger partial charge on any atom is -0.392 e. The average Bonchev–Trinajstić information content (AvgIpc) is 2.93. The monoisotopic (exact) mass is 348 g/mol. The molecule has 140 valence electrons. The third-order valence-corrected chi connectivity index (χ3v) is 4.88. The highest BCUT2D eigenvalue weighted by molar-refractivity contribution is 5.86. The van der Waals surface area contributed by atoms with Crippen molar-refractivity contribution in [3.05, 3.63) is 23.8 Å². The van der Waals surface area contributed by atoms with Crippen LogP contribution in [0.3, 0.4) is 0 Å². The van der Waals surface area contributed by atoms with Crippen LogP contribution in [0.4, 0.5) is 0 Å². The summed E-state index contributed by atoms with van der Waals surface area (Å²) in [5.41, 5.74) is 0.959. The number of aliphatic hydroxyl groups is 1. The van der Waals surface area contributed by atoms with Crippen LogP contribution in [0.2, 0.25) is 0 Å². The Bertz CT molecular complexity index is 554. The summed E-state index contributed by atoms with van der Waals surface area (Å²) < 4.78 is 0. The summed E-state index contributed by atoms with van der Waals surface area (Å²) in [4.78, 5) is 21.0. The fourth-order valence-electron chi connectivity index (χ4n) is 3.30. The Morgan fingerprint density at radius 2 is 2.24 bits per heavy atom. The Kier molecular flexibility index (Phi) is 7.20. The molecule has 1 unspecified atom stereocenters. The first-order valence-corrected chi connectivity index (χ1v) is 9.13. The van der Waals surface area contributed by atoms with Gasteiger partial charge in [-0.3, -0.25) is 9.79 Å². The number of aliphatic hydroxyl groups excluding tert-OH is 1. The van der Waals surface area contributed by atoms with Gasteiger partial charge in [0.1, 0.15) is 5.84 Å². The average molecular weight is 348 g/mol. The Morgan fingerprint density at radius 1 is 1.48 bits per heavy atom. The van der Waals surface area contributed by atoms with E-state index in [1.807, 2.05) is 6.08 Å². The molecule has 1 aliphatic carbocycles. The summed E-state index contributed by atoms with van der Waals surface area (Å²) in [5.74, 6) is 1.63. The lowest BCUT2D eigenvalue weighted by Gasteiger charge is -2.31. The van der Waals surface area contributed by atoms with Gasteiger partial charge in [0, 0.05) is 33.0 Å². The third-order valence-electron chi connectivity index (χ3n) is 4.88. The van der Waals surface area contributed by atoms with E-state index in [0.29, 0.717) is 12.3 Å². The fraction of sp³-hybridized carbons (Fsp3) is 0.684. The smallest absolute Gasteiger partial charge is 0.219 e. The molecule has 0 bridgehead atoms. The normalized spacial score (nSPS) is 23.4. The lowest BCUT2D eigenvalue weighted by Crippen LogP contribution is -2.43. The molecule has 0 fully saturated rings. The maximum absolute atomic E-state index is 11.5. The zero-order valence-electron chi connectivity index (χ0n) is 15.9. The number of carbonyl (C=O) groups is 1. The second-order valence-corrected chi connectivity index (χ2v) is 7.30. The van der Waals surface area contributed by atoms with Crippen molar-refractivity contribution in [2.24, 2.45) is 10.9 Å². The van der Waals surface area contributed by atoms with Gasteiger partial charge in [-0.15, -0.1) is 0 Å². The molecule has 2 aliphatic rings. The van der Waals surface area contributed by atoms with E-state index in [-0.39, 0.29) is 24.6 Å². The molecule has 6 nitrogen and oxygen atoms in total. The van der Waals surface area contributed by atoms with Gasteiger partial charge in [-0.25, -0.2) is 0 Å². The quantitative estimate of drug-likeness (QED) is 0.653. The van der Waals surface area contributed by atoms with Gasteiger partial charge in [-0.1, -0.05) is 25.2 Å². The molecule has 2 N–H and O–H groups in total. The Morgan fingerprint density at radius 3 is 2.88 bits per heavy atom. The van der Waals surface area contributed by atoms with E-state index >= 15 is 0 Å². The van der Waals surface area contributed by atoms with Crippen molar-refractivity contribution >= 4 is 11.7 Å². The lowest BCUT2D eigenvalue weighted by molar-refractivity contribution is -0.120. The largest absolute Gasteiger partial charge is 0.392 e. The third kappa shape index (κ3) is 5.41. The zero-order chi connectivity index (χ0) is 18.4. The number of carbonyl (C=O) groups excluding carboxylic acids is 1. The number of hydrogen-bond acceptors (Lipinski definition) is 5. The predicted molar refractivity (Wildman–Crippen MR) is 102 cm³/mol. The first-order chi connectivity index (χ1) is 11.9. The van der Waals surface area contributed by atoms with E-state index in [4.69, 9.17) is 4.99 Å². The predicted octanol–water partition coefficient (Wildman–Crippen LogP) is 1.04. The highest BCUT2D eigenvalue weighted by Gasteiger charge is 2.35. The molecule has 0 aromatic carbocycles. The molecule has 0 aromatic heterocycles. The van der Waals surface area contributed by atoms with Crippen LogP contribution in [0.1, 0.15) is 26.2 Å². The number of amides is 1. The van der Waals surface area contributed by atoms with Crippen LogP contribution in [0.25, 0.3) is 0 Å². The number of nitrogens with one attached hydrogen (secondary N) is 1. The van der Waals surface area contributed by atoms with Crippen LogP contribution >= 0.6 is 0 Å². The zero-order valence-corrected chi connectivity index (χ0v) is 15.9. The van der Waals surface area contributed by atoms with E-state index in [9.17, 15) is 9.90 Å². The molecule has 1 aliphatic heterocycles.